The zero-order valence-corrected chi connectivity index (χ0v) is 16.7. The molecular weight excluding hydrogens is 362 g/mol. The summed E-state index contributed by atoms with van der Waals surface area (Å²) in [6, 6.07) is 18.9. The molecule has 0 spiro atoms. The average molecular weight is 387 g/mol. The van der Waals surface area contributed by atoms with Gasteiger partial charge in [0.2, 0.25) is 11.8 Å². The summed E-state index contributed by atoms with van der Waals surface area (Å²) in [5.74, 6) is -0.494. The topological polar surface area (TPSA) is 73.2 Å². The van der Waals surface area contributed by atoms with Gasteiger partial charge in [0.15, 0.2) is 0 Å². The van der Waals surface area contributed by atoms with Crippen LogP contribution in [0.25, 0.3) is 0 Å². The van der Waals surface area contributed by atoms with Crippen LogP contribution in [-0.2, 0) is 16.1 Å². The van der Waals surface area contributed by atoms with E-state index in [4.69, 9.17) is 5.26 Å². The van der Waals surface area contributed by atoms with Crippen molar-refractivity contribution in [2.75, 3.05) is 0 Å². The van der Waals surface area contributed by atoms with Crippen LogP contribution in [0.5, 0.6) is 0 Å². The van der Waals surface area contributed by atoms with Crippen LogP contribution in [0.1, 0.15) is 43.0 Å². The maximum Gasteiger partial charge on any atom is 0.235 e. The highest BCUT2D eigenvalue weighted by Gasteiger charge is 2.58. The maximum absolute atomic E-state index is 13.4. The Balaban J connectivity index is 1.66. The minimum atomic E-state index is -0.400. The molecule has 2 heterocycles. The van der Waals surface area contributed by atoms with Gasteiger partial charge in [0.1, 0.15) is 0 Å². The third kappa shape index (κ3) is 3.56. The van der Waals surface area contributed by atoms with E-state index < -0.39 is 5.92 Å². The summed E-state index contributed by atoms with van der Waals surface area (Å²) in [5, 5.41) is 12.6. The quantitative estimate of drug-likeness (QED) is 0.798. The van der Waals surface area contributed by atoms with Gasteiger partial charge in [0, 0.05) is 12.1 Å². The number of carbonyl (C=O) groups excluding carboxylic acids is 2. The molecule has 0 aromatic heterocycles. The minimum Gasteiger partial charge on any atom is -0.306 e. The van der Waals surface area contributed by atoms with Crippen molar-refractivity contribution in [1.29, 1.82) is 5.26 Å². The van der Waals surface area contributed by atoms with Gasteiger partial charge in [-0.2, -0.15) is 5.26 Å². The van der Waals surface area contributed by atoms with Crippen molar-refractivity contribution in [3.63, 3.8) is 0 Å². The molecule has 2 aromatic carbocycles. The van der Waals surface area contributed by atoms with E-state index >= 15 is 0 Å². The summed E-state index contributed by atoms with van der Waals surface area (Å²) in [6.45, 7) is 4.59. The number of benzene rings is 2. The second-order valence-electron chi connectivity index (χ2n) is 8.41. The van der Waals surface area contributed by atoms with Crippen molar-refractivity contribution in [2.45, 2.75) is 38.9 Å². The smallest absolute Gasteiger partial charge is 0.235 e. The van der Waals surface area contributed by atoms with Gasteiger partial charge < -0.3 is 5.32 Å². The number of hydrogen-bond donors (Lipinski definition) is 1. The van der Waals surface area contributed by atoms with Crippen LogP contribution < -0.4 is 5.32 Å². The first-order valence-electron chi connectivity index (χ1n) is 10.1. The fraction of sp³-hybridized carbons (Fsp3) is 0.375. The van der Waals surface area contributed by atoms with Gasteiger partial charge in [-0.25, -0.2) is 0 Å². The lowest BCUT2D eigenvalue weighted by Gasteiger charge is -2.23. The molecule has 29 heavy (non-hydrogen) atoms. The maximum atomic E-state index is 13.4. The number of nitrogens with one attached hydrogen (secondary N) is 1. The summed E-state index contributed by atoms with van der Waals surface area (Å²) in [5.41, 5.74) is 2.49. The molecule has 4 atom stereocenters. The van der Waals surface area contributed by atoms with Crippen LogP contribution in [0.4, 0.5) is 0 Å². The molecule has 0 radical (unpaired) electrons. The Morgan fingerprint density at radius 2 is 1.66 bits per heavy atom. The highest BCUT2D eigenvalue weighted by molar-refractivity contribution is 6.06. The highest BCUT2D eigenvalue weighted by Crippen LogP contribution is 2.45. The molecule has 2 aromatic rings. The van der Waals surface area contributed by atoms with Crippen LogP contribution in [-0.4, -0.2) is 22.8 Å². The van der Waals surface area contributed by atoms with E-state index in [0.717, 1.165) is 17.5 Å². The van der Waals surface area contributed by atoms with Crippen molar-refractivity contribution in [1.82, 2.24) is 10.2 Å². The number of rotatable bonds is 5. The zero-order valence-electron chi connectivity index (χ0n) is 16.7. The van der Waals surface area contributed by atoms with Gasteiger partial charge in [-0.05, 0) is 35.6 Å². The lowest BCUT2D eigenvalue weighted by Crippen LogP contribution is -2.39. The van der Waals surface area contributed by atoms with E-state index in [2.05, 4.69) is 25.2 Å². The highest BCUT2D eigenvalue weighted by atomic mass is 16.2. The van der Waals surface area contributed by atoms with E-state index in [1.165, 1.54) is 4.90 Å². The number of imide groups is 1. The van der Waals surface area contributed by atoms with E-state index in [-0.39, 0.29) is 29.8 Å². The Morgan fingerprint density at radius 3 is 2.28 bits per heavy atom. The standard InChI is InChI=1S/C24H25N3O2/c1-15(2)12-19-20-21(22(26-19)18-10-8-16(13-25)9-11-18)24(29)27(23(20)28)14-17-6-4-3-5-7-17/h3-11,15,19-22,26H,12,14H2,1-2H3. The lowest BCUT2D eigenvalue weighted by molar-refractivity contribution is -0.141. The van der Waals surface area contributed by atoms with Crippen LogP contribution >= 0.6 is 0 Å². The minimum absolute atomic E-state index is 0.0298. The summed E-state index contributed by atoms with van der Waals surface area (Å²) in [6.07, 6.45) is 0.839. The summed E-state index contributed by atoms with van der Waals surface area (Å²) in [7, 11) is 0. The molecule has 5 heteroatoms. The largest absolute Gasteiger partial charge is 0.306 e. The van der Waals surface area contributed by atoms with E-state index in [1.54, 1.807) is 12.1 Å². The molecule has 2 amide bonds. The van der Waals surface area contributed by atoms with Crippen molar-refractivity contribution < 1.29 is 9.59 Å². The number of nitriles is 1. The Bertz CT molecular complexity index is 946. The molecule has 2 fully saturated rings. The second-order valence-corrected chi connectivity index (χ2v) is 8.41. The van der Waals surface area contributed by atoms with Gasteiger partial charge >= 0.3 is 0 Å². The lowest BCUT2D eigenvalue weighted by atomic mass is 9.84. The van der Waals surface area contributed by atoms with Gasteiger partial charge in [0.25, 0.3) is 0 Å². The number of nitrogens with zero attached hydrogens (tertiary/aromatic N) is 2. The van der Waals surface area contributed by atoms with E-state index in [9.17, 15) is 9.59 Å². The number of likely N-dealkylation sites (tertiary alicyclic amines) is 1. The van der Waals surface area contributed by atoms with Crippen LogP contribution in [0.3, 0.4) is 0 Å². The number of carbonyl (C=O) groups is 2. The Labute approximate surface area is 171 Å². The fourth-order valence-corrected chi connectivity index (χ4v) is 4.70. The zero-order chi connectivity index (χ0) is 20.5. The number of hydrogen-bond acceptors (Lipinski definition) is 4. The van der Waals surface area contributed by atoms with E-state index in [0.29, 0.717) is 18.0 Å². The van der Waals surface area contributed by atoms with Crippen molar-refractivity contribution in [3.05, 3.63) is 71.3 Å². The molecule has 5 nitrogen and oxygen atoms in total. The molecule has 4 rings (SSSR count). The molecule has 148 valence electrons. The van der Waals surface area contributed by atoms with Gasteiger partial charge in [-0.15, -0.1) is 0 Å². The van der Waals surface area contributed by atoms with Crippen molar-refractivity contribution in [3.8, 4) is 6.07 Å². The van der Waals surface area contributed by atoms with Gasteiger partial charge in [-0.3, -0.25) is 14.5 Å². The van der Waals surface area contributed by atoms with Crippen LogP contribution in [0.15, 0.2) is 54.6 Å². The molecule has 0 bridgehead atoms. The molecule has 4 unspecified atom stereocenters. The summed E-state index contributed by atoms with van der Waals surface area (Å²) >= 11 is 0. The van der Waals surface area contributed by atoms with Crippen molar-refractivity contribution >= 4 is 11.8 Å². The third-order valence-corrected chi connectivity index (χ3v) is 5.98. The first kappa shape index (κ1) is 19.4. The molecule has 2 aliphatic rings. The SMILES string of the molecule is CC(C)CC1NC(c2ccc(C#N)cc2)C2C(=O)N(Cc3ccccc3)C(=O)C12. The molecular formula is C24H25N3O2. The molecule has 0 saturated carbocycles. The first-order valence-corrected chi connectivity index (χ1v) is 10.1. The van der Waals surface area contributed by atoms with Crippen LogP contribution in [0, 0.1) is 29.1 Å². The predicted octanol–water partition coefficient (Wildman–Crippen LogP) is 3.42. The second kappa shape index (κ2) is 7.81. The predicted molar refractivity (Wildman–Crippen MR) is 109 cm³/mol. The summed E-state index contributed by atoms with van der Waals surface area (Å²) < 4.78 is 0. The molecule has 2 saturated heterocycles. The Morgan fingerprint density at radius 1 is 1.00 bits per heavy atom. The average Bonchev–Trinajstić information content (AvgIpc) is 3.20. The van der Waals surface area contributed by atoms with Gasteiger partial charge in [0.05, 0.1) is 30.0 Å². The summed E-state index contributed by atoms with van der Waals surface area (Å²) in [4.78, 5) is 28.1. The van der Waals surface area contributed by atoms with Crippen LogP contribution in [0.2, 0.25) is 0 Å². The van der Waals surface area contributed by atoms with Gasteiger partial charge in [-0.1, -0.05) is 56.3 Å². The molecule has 2 aliphatic heterocycles. The Kier molecular flexibility index (Phi) is 5.21. The Hall–Kier alpha value is -2.97. The third-order valence-electron chi connectivity index (χ3n) is 5.98. The monoisotopic (exact) mass is 387 g/mol. The number of amides is 2. The number of fused-ring (bicyclic) bond motifs is 1. The normalized spacial score (nSPS) is 26.1. The first-order chi connectivity index (χ1) is 14.0. The van der Waals surface area contributed by atoms with Crippen molar-refractivity contribution in [2.24, 2.45) is 17.8 Å². The molecule has 0 aliphatic carbocycles. The fourth-order valence-electron chi connectivity index (χ4n) is 4.70. The molecule has 1 N–H and O–H groups in total. The van der Waals surface area contributed by atoms with E-state index in [1.807, 2.05) is 42.5 Å².